The minimum atomic E-state index is 0.363. The molecule has 2 fully saturated rings. The summed E-state index contributed by atoms with van der Waals surface area (Å²) in [5, 5.41) is 7.34. The fourth-order valence-corrected chi connectivity index (χ4v) is 2.71. The molecule has 2 N–H and O–H groups in total. The maximum Gasteiger partial charge on any atom is 0.0277 e. The average molecular weight is 210 g/mol. The van der Waals surface area contributed by atoms with Gasteiger partial charge in [0.2, 0.25) is 0 Å². The third-order valence-electron chi connectivity index (χ3n) is 4.43. The van der Waals surface area contributed by atoms with E-state index in [2.05, 4.69) is 24.5 Å². The van der Waals surface area contributed by atoms with Crippen molar-refractivity contribution in [2.45, 2.75) is 57.9 Å². The van der Waals surface area contributed by atoms with Crippen LogP contribution >= 0.6 is 0 Å². The first-order valence-corrected chi connectivity index (χ1v) is 6.64. The van der Waals surface area contributed by atoms with Gasteiger partial charge in [-0.15, -0.1) is 0 Å². The molecule has 2 heteroatoms. The zero-order chi connectivity index (χ0) is 10.8. The normalized spacial score (nSPS) is 34.0. The molecule has 2 nitrogen and oxygen atoms in total. The number of nitrogens with one attached hydrogen (secondary N) is 2. The number of piperidine rings is 1. The van der Waals surface area contributed by atoms with E-state index >= 15 is 0 Å². The summed E-state index contributed by atoms with van der Waals surface area (Å²) in [5.74, 6) is 0. The predicted octanol–water partition coefficient (Wildman–Crippen LogP) is 2.30. The zero-order valence-electron chi connectivity index (χ0n) is 10.4. The molecule has 0 aromatic carbocycles. The van der Waals surface area contributed by atoms with Crippen molar-refractivity contribution >= 4 is 0 Å². The summed E-state index contributed by atoms with van der Waals surface area (Å²) < 4.78 is 0. The van der Waals surface area contributed by atoms with E-state index in [1.807, 2.05) is 0 Å². The molecule has 1 aliphatic heterocycles. The van der Waals surface area contributed by atoms with Crippen LogP contribution in [0.1, 0.15) is 52.4 Å². The molecule has 1 unspecified atom stereocenters. The molecule has 2 aliphatic rings. The van der Waals surface area contributed by atoms with Crippen molar-refractivity contribution in [3.8, 4) is 0 Å². The van der Waals surface area contributed by atoms with Gasteiger partial charge in [-0.05, 0) is 51.0 Å². The Morgan fingerprint density at radius 3 is 2.47 bits per heavy atom. The Balaban J connectivity index is 1.68. The fourth-order valence-electron chi connectivity index (χ4n) is 2.71. The largest absolute Gasteiger partial charge is 0.314 e. The van der Waals surface area contributed by atoms with Gasteiger partial charge in [0.05, 0.1) is 0 Å². The predicted molar refractivity (Wildman–Crippen MR) is 65.1 cm³/mol. The first kappa shape index (κ1) is 11.4. The van der Waals surface area contributed by atoms with Crippen molar-refractivity contribution in [2.75, 3.05) is 19.6 Å². The summed E-state index contributed by atoms with van der Waals surface area (Å²) in [5.41, 5.74) is 1.05. The topological polar surface area (TPSA) is 24.1 Å². The van der Waals surface area contributed by atoms with Crippen LogP contribution in [0.25, 0.3) is 0 Å². The van der Waals surface area contributed by atoms with E-state index in [0.717, 1.165) is 6.54 Å². The molecule has 1 heterocycles. The van der Waals surface area contributed by atoms with Gasteiger partial charge in [0.15, 0.2) is 0 Å². The first-order chi connectivity index (χ1) is 7.18. The quantitative estimate of drug-likeness (QED) is 0.727. The lowest BCUT2D eigenvalue weighted by Gasteiger charge is -2.35. The summed E-state index contributed by atoms with van der Waals surface area (Å²) in [7, 11) is 0. The van der Waals surface area contributed by atoms with Crippen LogP contribution in [0, 0.1) is 5.41 Å². The van der Waals surface area contributed by atoms with Gasteiger partial charge < -0.3 is 10.6 Å². The second kappa shape index (κ2) is 4.42. The van der Waals surface area contributed by atoms with Crippen molar-refractivity contribution in [1.29, 1.82) is 0 Å². The highest BCUT2D eigenvalue weighted by Crippen LogP contribution is 2.47. The summed E-state index contributed by atoms with van der Waals surface area (Å²) in [6.07, 6.45) is 8.32. The van der Waals surface area contributed by atoms with E-state index in [1.54, 1.807) is 0 Å². The third-order valence-corrected chi connectivity index (χ3v) is 4.43. The lowest BCUT2D eigenvalue weighted by Crippen LogP contribution is -2.53. The van der Waals surface area contributed by atoms with E-state index in [1.165, 1.54) is 51.6 Å². The first-order valence-electron chi connectivity index (χ1n) is 6.64. The number of rotatable bonds is 5. The van der Waals surface area contributed by atoms with E-state index in [0.29, 0.717) is 11.0 Å². The Labute approximate surface area is 94.2 Å². The van der Waals surface area contributed by atoms with Crippen molar-refractivity contribution in [3.63, 3.8) is 0 Å². The van der Waals surface area contributed by atoms with Crippen LogP contribution in [0.3, 0.4) is 0 Å². The second-order valence-corrected chi connectivity index (χ2v) is 5.90. The van der Waals surface area contributed by atoms with E-state index in [4.69, 9.17) is 0 Å². The van der Waals surface area contributed by atoms with Gasteiger partial charge in [-0.3, -0.25) is 0 Å². The maximum absolute atomic E-state index is 3.69. The van der Waals surface area contributed by atoms with Gasteiger partial charge in [-0.2, -0.15) is 0 Å². The SMILES string of the molecule is CCC1(CNCC2(C)CCCCN2)CC1. The van der Waals surface area contributed by atoms with Gasteiger partial charge in [-0.25, -0.2) is 0 Å². The number of hydrogen-bond donors (Lipinski definition) is 2. The Morgan fingerprint density at radius 2 is 1.93 bits per heavy atom. The Morgan fingerprint density at radius 1 is 1.13 bits per heavy atom. The van der Waals surface area contributed by atoms with E-state index in [9.17, 15) is 0 Å². The molecule has 1 saturated heterocycles. The monoisotopic (exact) mass is 210 g/mol. The third kappa shape index (κ3) is 2.94. The molecule has 1 aliphatic carbocycles. The molecule has 2 rings (SSSR count). The van der Waals surface area contributed by atoms with Crippen LogP contribution < -0.4 is 10.6 Å². The second-order valence-electron chi connectivity index (χ2n) is 5.90. The maximum atomic E-state index is 3.69. The summed E-state index contributed by atoms with van der Waals surface area (Å²) in [6, 6.07) is 0. The highest BCUT2D eigenvalue weighted by atomic mass is 15.0. The van der Waals surface area contributed by atoms with Crippen LogP contribution in [-0.4, -0.2) is 25.2 Å². The Kier molecular flexibility index (Phi) is 3.36. The molecule has 1 saturated carbocycles. The molecule has 0 radical (unpaired) electrons. The van der Waals surface area contributed by atoms with Crippen LogP contribution in [0.2, 0.25) is 0 Å². The molecule has 0 amide bonds. The average Bonchev–Trinajstić information content (AvgIpc) is 3.00. The molecular formula is C13H26N2. The molecule has 0 spiro atoms. The molecule has 0 bridgehead atoms. The Hall–Kier alpha value is -0.0800. The van der Waals surface area contributed by atoms with Crippen LogP contribution in [0.15, 0.2) is 0 Å². The zero-order valence-corrected chi connectivity index (χ0v) is 10.4. The van der Waals surface area contributed by atoms with Crippen molar-refractivity contribution < 1.29 is 0 Å². The highest BCUT2D eigenvalue weighted by molar-refractivity contribution is 4.95. The molecule has 0 aromatic heterocycles. The van der Waals surface area contributed by atoms with Gasteiger partial charge >= 0.3 is 0 Å². The van der Waals surface area contributed by atoms with Crippen LogP contribution in [0.4, 0.5) is 0 Å². The standard InChI is InChI=1S/C13H26N2/c1-3-13(7-8-13)11-14-10-12(2)6-4-5-9-15-12/h14-15H,3-11H2,1-2H3. The summed E-state index contributed by atoms with van der Waals surface area (Å²) in [4.78, 5) is 0. The van der Waals surface area contributed by atoms with Gasteiger partial charge in [-0.1, -0.05) is 13.3 Å². The van der Waals surface area contributed by atoms with Crippen molar-refractivity contribution in [3.05, 3.63) is 0 Å². The van der Waals surface area contributed by atoms with Crippen molar-refractivity contribution in [2.24, 2.45) is 5.41 Å². The molecule has 15 heavy (non-hydrogen) atoms. The summed E-state index contributed by atoms with van der Waals surface area (Å²) >= 11 is 0. The molecule has 88 valence electrons. The number of hydrogen-bond acceptors (Lipinski definition) is 2. The highest BCUT2D eigenvalue weighted by Gasteiger charge is 2.40. The lowest BCUT2D eigenvalue weighted by molar-refractivity contribution is 0.259. The van der Waals surface area contributed by atoms with Crippen molar-refractivity contribution in [1.82, 2.24) is 10.6 Å². The van der Waals surface area contributed by atoms with E-state index in [-0.39, 0.29) is 0 Å². The van der Waals surface area contributed by atoms with Gasteiger partial charge in [0.1, 0.15) is 0 Å². The minimum Gasteiger partial charge on any atom is -0.314 e. The van der Waals surface area contributed by atoms with Gasteiger partial charge in [0.25, 0.3) is 0 Å². The molecule has 1 atom stereocenters. The van der Waals surface area contributed by atoms with Crippen LogP contribution in [0.5, 0.6) is 0 Å². The minimum absolute atomic E-state index is 0.363. The summed E-state index contributed by atoms with van der Waals surface area (Å²) in [6.45, 7) is 8.28. The smallest absolute Gasteiger partial charge is 0.0277 e. The Bertz CT molecular complexity index is 203. The van der Waals surface area contributed by atoms with E-state index < -0.39 is 0 Å². The lowest BCUT2D eigenvalue weighted by atomic mass is 9.90. The molecular weight excluding hydrogens is 184 g/mol. The van der Waals surface area contributed by atoms with Crippen LogP contribution in [-0.2, 0) is 0 Å². The van der Waals surface area contributed by atoms with Gasteiger partial charge in [0, 0.05) is 18.6 Å². The molecule has 0 aromatic rings. The fraction of sp³-hybridized carbons (Fsp3) is 1.00.